The van der Waals surface area contributed by atoms with E-state index in [4.69, 9.17) is 0 Å². The average Bonchev–Trinajstić information content (AvgIpc) is 2.64. The van der Waals surface area contributed by atoms with Crippen molar-refractivity contribution in [3.63, 3.8) is 0 Å². The Labute approximate surface area is 136 Å². The van der Waals surface area contributed by atoms with Crippen LogP contribution in [0, 0.1) is 0 Å². The molecule has 2 nitrogen and oxygen atoms in total. The van der Waals surface area contributed by atoms with Crippen LogP contribution in [0.5, 0.6) is 0 Å². The van der Waals surface area contributed by atoms with Gasteiger partial charge in [0.2, 0.25) is 0 Å². The molecule has 0 spiro atoms. The van der Waals surface area contributed by atoms with Crippen molar-refractivity contribution in [2.24, 2.45) is 0 Å². The van der Waals surface area contributed by atoms with E-state index in [1.54, 1.807) is 0 Å². The summed E-state index contributed by atoms with van der Waals surface area (Å²) in [5, 5.41) is 3.16. The number of carbonyl (C=O) groups is 1. The molecule has 23 heavy (non-hydrogen) atoms. The van der Waals surface area contributed by atoms with E-state index in [1.165, 1.54) is 5.56 Å². The molecule has 3 aromatic rings. The molecule has 0 aromatic heterocycles. The molecule has 1 N–H and O–H groups in total. The number of para-hydroxylation sites is 1. The van der Waals surface area contributed by atoms with E-state index in [-0.39, 0.29) is 5.92 Å². The van der Waals surface area contributed by atoms with E-state index in [2.05, 4.69) is 29.6 Å². The number of hydrogen-bond acceptors (Lipinski definition) is 2. The zero-order chi connectivity index (χ0) is 16.1. The first-order valence-electron chi connectivity index (χ1n) is 7.71. The summed E-state index contributed by atoms with van der Waals surface area (Å²) in [6.45, 7) is 0. The van der Waals surface area contributed by atoms with E-state index in [0.29, 0.717) is 0 Å². The lowest BCUT2D eigenvalue weighted by Gasteiger charge is -2.16. The Morgan fingerprint density at radius 1 is 0.783 bits per heavy atom. The fourth-order valence-corrected chi connectivity index (χ4v) is 2.84. The predicted octanol–water partition coefficient (Wildman–Crippen LogP) is 4.73. The number of hydrogen-bond donors (Lipinski definition) is 1. The number of anilines is 1. The fraction of sp³-hybridized carbons (Fsp3) is 0.0952. The normalized spacial score (nSPS) is 11.7. The van der Waals surface area contributed by atoms with Crippen LogP contribution in [-0.4, -0.2) is 13.3 Å². The van der Waals surface area contributed by atoms with Gasteiger partial charge in [0.15, 0.2) is 0 Å². The summed E-state index contributed by atoms with van der Waals surface area (Å²) in [6.07, 6.45) is 1.01. The van der Waals surface area contributed by atoms with Crippen LogP contribution in [0.3, 0.4) is 0 Å². The second-order valence-electron chi connectivity index (χ2n) is 5.44. The van der Waals surface area contributed by atoms with Gasteiger partial charge in [0.1, 0.15) is 6.29 Å². The molecule has 0 amide bonds. The molecule has 114 valence electrons. The quantitative estimate of drug-likeness (QED) is 0.690. The highest BCUT2D eigenvalue weighted by Crippen LogP contribution is 2.30. The number of rotatable bonds is 5. The summed E-state index contributed by atoms with van der Waals surface area (Å²) in [5.41, 5.74) is 5.31. The van der Waals surface area contributed by atoms with Gasteiger partial charge >= 0.3 is 0 Å². The number of nitrogens with one attached hydrogen (secondary N) is 1. The Kier molecular flexibility index (Phi) is 4.53. The van der Waals surface area contributed by atoms with Crippen molar-refractivity contribution in [3.8, 4) is 11.1 Å². The second-order valence-corrected chi connectivity index (χ2v) is 5.44. The summed E-state index contributed by atoms with van der Waals surface area (Å²) in [4.78, 5) is 11.7. The largest absolute Gasteiger partial charge is 0.388 e. The SMILES string of the molecule is CNc1ccccc1C(C=O)c1ccc(-c2ccccc2)cc1. The van der Waals surface area contributed by atoms with E-state index in [1.807, 2.05) is 61.6 Å². The van der Waals surface area contributed by atoms with Gasteiger partial charge in [0.25, 0.3) is 0 Å². The van der Waals surface area contributed by atoms with E-state index in [9.17, 15) is 4.79 Å². The van der Waals surface area contributed by atoms with Crippen LogP contribution >= 0.6 is 0 Å². The van der Waals surface area contributed by atoms with Crippen molar-refractivity contribution in [2.75, 3.05) is 12.4 Å². The molecule has 1 atom stereocenters. The van der Waals surface area contributed by atoms with Gasteiger partial charge in [-0.15, -0.1) is 0 Å². The third kappa shape index (κ3) is 3.16. The van der Waals surface area contributed by atoms with Gasteiger partial charge in [-0.25, -0.2) is 0 Å². The molecule has 0 aliphatic rings. The Morgan fingerprint density at radius 3 is 2.04 bits per heavy atom. The molecule has 0 bridgehead atoms. The van der Waals surface area contributed by atoms with Crippen LogP contribution in [0.1, 0.15) is 17.0 Å². The maximum Gasteiger partial charge on any atom is 0.131 e. The summed E-state index contributed by atoms with van der Waals surface area (Å²) in [7, 11) is 1.87. The Hall–Kier alpha value is -2.87. The Balaban J connectivity index is 1.95. The minimum atomic E-state index is -0.261. The van der Waals surface area contributed by atoms with Crippen molar-refractivity contribution in [2.45, 2.75) is 5.92 Å². The standard InChI is InChI=1S/C21H19NO/c1-22-21-10-6-5-9-19(21)20(15-23)18-13-11-17(12-14-18)16-7-3-2-4-8-16/h2-15,20,22H,1H3. The van der Waals surface area contributed by atoms with E-state index < -0.39 is 0 Å². The van der Waals surface area contributed by atoms with E-state index in [0.717, 1.165) is 28.7 Å². The van der Waals surface area contributed by atoms with Gasteiger partial charge in [-0.05, 0) is 28.3 Å². The van der Waals surface area contributed by atoms with Crippen LogP contribution in [0.15, 0.2) is 78.9 Å². The molecule has 3 aromatic carbocycles. The maximum atomic E-state index is 11.7. The highest BCUT2D eigenvalue weighted by molar-refractivity contribution is 5.74. The van der Waals surface area contributed by atoms with Crippen LogP contribution in [0.4, 0.5) is 5.69 Å². The van der Waals surface area contributed by atoms with E-state index >= 15 is 0 Å². The van der Waals surface area contributed by atoms with Crippen LogP contribution in [0.25, 0.3) is 11.1 Å². The van der Waals surface area contributed by atoms with Gasteiger partial charge < -0.3 is 10.1 Å². The lowest BCUT2D eigenvalue weighted by molar-refractivity contribution is -0.108. The van der Waals surface area contributed by atoms with Gasteiger partial charge in [0, 0.05) is 12.7 Å². The van der Waals surface area contributed by atoms with Gasteiger partial charge in [-0.3, -0.25) is 0 Å². The fourth-order valence-electron chi connectivity index (χ4n) is 2.84. The topological polar surface area (TPSA) is 29.1 Å². The lowest BCUT2D eigenvalue weighted by atomic mass is 9.90. The summed E-state index contributed by atoms with van der Waals surface area (Å²) in [5.74, 6) is -0.261. The third-order valence-corrected chi connectivity index (χ3v) is 4.08. The highest BCUT2D eigenvalue weighted by Gasteiger charge is 2.16. The zero-order valence-electron chi connectivity index (χ0n) is 13.1. The molecule has 0 heterocycles. The number of benzene rings is 3. The smallest absolute Gasteiger partial charge is 0.131 e. The number of aldehydes is 1. The summed E-state index contributed by atoms with van der Waals surface area (Å²) < 4.78 is 0. The van der Waals surface area contributed by atoms with Crippen LogP contribution < -0.4 is 5.32 Å². The molecule has 0 fully saturated rings. The Morgan fingerprint density at radius 2 is 1.39 bits per heavy atom. The molecule has 0 aliphatic heterocycles. The second kappa shape index (κ2) is 6.93. The van der Waals surface area contributed by atoms with Gasteiger partial charge in [-0.2, -0.15) is 0 Å². The molecule has 3 rings (SSSR count). The predicted molar refractivity (Wildman–Crippen MR) is 95.8 cm³/mol. The number of carbonyl (C=O) groups excluding carboxylic acids is 1. The van der Waals surface area contributed by atoms with Crippen molar-refractivity contribution in [1.29, 1.82) is 0 Å². The minimum Gasteiger partial charge on any atom is -0.388 e. The monoisotopic (exact) mass is 301 g/mol. The average molecular weight is 301 g/mol. The first-order valence-corrected chi connectivity index (χ1v) is 7.71. The van der Waals surface area contributed by atoms with Crippen LogP contribution in [-0.2, 0) is 4.79 Å². The Bertz CT molecular complexity index is 778. The first-order chi connectivity index (χ1) is 11.3. The molecule has 1 unspecified atom stereocenters. The van der Waals surface area contributed by atoms with Gasteiger partial charge in [-0.1, -0.05) is 72.8 Å². The molecule has 0 aliphatic carbocycles. The third-order valence-electron chi connectivity index (χ3n) is 4.08. The van der Waals surface area contributed by atoms with Crippen molar-refractivity contribution < 1.29 is 4.79 Å². The molecular formula is C21H19NO. The molecule has 2 heteroatoms. The molecule has 0 radical (unpaired) electrons. The van der Waals surface area contributed by atoms with Crippen molar-refractivity contribution >= 4 is 12.0 Å². The maximum absolute atomic E-state index is 11.7. The van der Waals surface area contributed by atoms with Gasteiger partial charge in [0.05, 0.1) is 5.92 Å². The van der Waals surface area contributed by atoms with Crippen molar-refractivity contribution in [3.05, 3.63) is 90.0 Å². The minimum absolute atomic E-state index is 0.261. The summed E-state index contributed by atoms with van der Waals surface area (Å²) in [6, 6.07) is 26.4. The summed E-state index contributed by atoms with van der Waals surface area (Å²) >= 11 is 0. The van der Waals surface area contributed by atoms with Crippen LogP contribution in [0.2, 0.25) is 0 Å². The lowest BCUT2D eigenvalue weighted by Crippen LogP contribution is -2.06. The molecule has 0 saturated heterocycles. The molecular weight excluding hydrogens is 282 g/mol. The zero-order valence-corrected chi connectivity index (χ0v) is 13.1. The molecule has 0 saturated carbocycles. The first kappa shape index (κ1) is 15.0. The highest BCUT2D eigenvalue weighted by atomic mass is 16.1. The van der Waals surface area contributed by atoms with Crippen molar-refractivity contribution in [1.82, 2.24) is 0 Å².